The number of hydrogen-bond acceptors (Lipinski definition) is 3. The van der Waals surface area contributed by atoms with Gasteiger partial charge in [0, 0.05) is 42.7 Å². The van der Waals surface area contributed by atoms with Crippen molar-refractivity contribution in [2.75, 3.05) is 19.9 Å². The van der Waals surface area contributed by atoms with Crippen LogP contribution in [-0.2, 0) is 6.54 Å². The third kappa shape index (κ3) is 2.11. The average Bonchev–Trinajstić information content (AvgIpc) is 2.48. The summed E-state index contributed by atoms with van der Waals surface area (Å²) in [5, 5.41) is 0. The van der Waals surface area contributed by atoms with Crippen LogP contribution < -0.4 is 10.5 Å². The smallest absolute Gasteiger partial charge is 0.121 e. The van der Waals surface area contributed by atoms with Crippen molar-refractivity contribution in [3.05, 3.63) is 65.4 Å². The summed E-state index contributed by atoms with van der Waals surface area (Å²) in [7, 11) is 3.73. The van der Waals surface area contributed by atoms with Gasteiger partial charge in [0.05, 0.1) is 7.11 Å². The zero-order chi connectivity index (χ0) is 14.1. The van der Waals surface area contributed by atoms with E-state index in [2.05, 4.69) is 36.3 Å². The summed E-state index contributed by atoms with van der Waals surface area (Å²) in [5.74, 6) is 0.799. The van der Waals surface area contributed by atoms with Crippen LogP contribution in [0, 0.1) is 0 Å². The van der Waals surface area contributed by atoms with Gasteiger partial charge in [0.1, 0.15) is 5.75 Å². The van der Waals surface area contributed by atoms with Crippen molar-refractivity contribution < 1.29 is 4.74 Å². The number of hydrogen-bond donors (Lipinski definition) is 1. The lowest BCUT2D eigenvalue weighted by Gasteiger charge is -2.27. The summed E-state index contributed by atoms with van der Waals surface area (Å²) in [5.41, 5.74) is 11.7. The van der Waals surface area contributed by atoms with Gasteiger partial charge in [0.15, 0.2) is 0 Å². The number of fused-ring (bicyclic) bond motifs is 1. The lowest BCUT2D eigenvalue weighted by atomic mass is 9.90. The molecule has 0 aromatic heterocycles. The molecule has 3 nitrogen and oxygen atoms in total. The van der Waals surface area contributed by atoms with Crippen LogP contribution in [0.3, 0.4) is 0 Å². The van der Waals surface area contributed by atoms with Gasteiger partial charge in [-0.1, -0.05) is 30.3 Å². The normalized spacial score (nSPS) is 13.7. The Balaban J connectivity index is 2.20. The fraction of sp³-hybridized carbons (Fsp3) is 0.176. The van der Waals surface area contributed by atoms with Gasteiger partial charge in [-0.3, -0.25) is 0 Å². The SMILES string of the molecule is COc1cc(N)c2c(c1)C(c1ccccc1)=CN(C)C2. The Labute approximate surface area is 119 Å². The standard InChI is InChI=1S/C17H18N2O/c1-19-10-15(12-6-4-3-5-7-12)14-8-13(20-2)9-17(18)16(14)11-19/h3-10H,11,18H2,1-2H3. The molecular formula is C17H18N2O. The van der Waals surface area contributed by atoms with Gasteiger partial charge in [-0.25, -0.2) is 0 Å². The van der Waals surface area contributed by atoms with Gasteiger partial charge in [0.25, 0.3) is 0 Å². The molecule has 0 radical (unpaired) electrons. The van der Waals surface area contributed by atoms with E-state index < -0.39 is 0 Å². The highest BCUT2D eigenvalue weighted by Gasteiger charge is 2.20. The van der Waals surface area contributed by atoms with Crippen LogP contribution in [0.15, 0.2) is 48.7 Å². The van der Waals surface area contributed by atoms with Crippen molar-refractivity contribution in [3.8, 4) is 5.75 Å². The zero-order valence-electron chi connectivity index (χ0n) is 11.8. The van der Waals surface area contributed by atoms with Crippen molar-refractivity contribution in [1.29, 1.82) is 0 Å². The second kappa shape index (κ2) is 4.93. The second-order valence-corrected chi connectivity index (χ2v) is 5.07. The van der Waals surface area contributed by atoms with Gasteiger partial charge < -0.3 is 15.4 Å². The number of ether oxygens (including phenoxy) is 1. The zero-order valence-corrected chi connectivity index (χ0v) is 11.8. The van der Waals surface area contributed by atoms with E-state index >= 15 is 0 Å². The maximum absolute atomic E-state index is 6.19. The molecular weight excluding hydrogens is 248 g/mol. The van der Waals surface area contributed by atoms with Gasteiger partial charge in [-0.05, 0) is 17.2 Å². The predicted octanol–water partition coefficient (Wildman–Crippen LogP) is 3.11. The number of nitrogens with zero attached hydrogens (tertiary/aromatic N) is 1. The van der Waals surface area contributed by atoms with Crippen molar-refractivity contribution in [2.45, 2.75) is 6.54 Å². The maximum Gasteiger partial charge on any atom is 0.121 e. The van der Waals surface area contributed by atoms with Crippen LogP contribution in [-0.4, -0.2) is 19.1 Å². The molecule has 0 spiro atoms. The highest BCUT2D eigenvalue weighted by atomic mass is 16.5. The van der Waals surface area contributed by atoms with Crippen LogP contribution in [0.25, 0.3) is 5.57 Å². The van der Waals surface area contributed by atoms with Gasteiger partial charge in [0.2, 0.25) is 0 Å². The largest absolute Gasteiger partial charge is 0.497 e. The molecule has 0 aliphatic carbocycles. The fourth-order valence-corrected chi connectivity index (χ4v) is 2.63. The molecule has 2 aromatic carbocycles. The van der Waals surface area contributed by atoms with E-state index in [4.69, 9.17) is 10.5 Å². The summed E-state index contributed by atoms with van der Waals surface area (Å²) in [4.78, 5) is 2.16. The Morgan fingerprint density at radius 1 is 1.15 bits per heavy atom. The van der Waals surface area contributed by atoms with Gasteiger partial charge in [-0.2, -0.15) is 0 Å². The van der Waals surface area contributed by atoms with E-state index in [0.29, 0.717) is 0 Å². The molecule has 0 unspecified atom stereocenters. The predicted molar refractivity (Wildman–Crippen MR) is 82.4 cm³/mol. The molecule has 20 heavy (non-hydrogen) atoms. The van der Waals surface area contributed by atoms with E-state index in [0.717, 1.165) is 29.1 Å². The van der Waals surface area contributed by atoms with Crippen molar-refractivity contribution >= 4 is 11.3 Å². The second-order valence-electron chi connectivity index (χ2n) is 5.07. The molecule has 3 rings (SSSR count). The Bertz CT molecular complexity index is 662. The first-order chi connectivity index (χ1) is 9.69. The average molecular weight is 266 g/mol. The van der Waals surface area contributed by atoms with E-state index in [1.165, 1.54) is 11.1 Å². The molecule has 3 heteroatoms. The molecule has 0 atom stereocenters. The fourth-order valence-electron chi connectivity index (χ4n) is 2.63. The molecule has 2 aromatic rings. The number of rotatable bonds is 2. The first-order valence-electron chi connectivity index (χ1n) is 6.63. The number of benzene rings is 2. The molecule has 1 aliphatic rings. The van der Waals surface area contributed by atoms with E-state index in [1.54, 1.807) is 7.11 Å². The Morgan fingerprint density at radius 3 is 2.60 bits per heavy atom. The number of nitrogen functional groups attached to an aromatic ring is 1. The molecule has 102 valence electrons. The third-order valence-corrected chi connectivity index (χ3v) is 3.63. The molecule has 0 saturated carbocycles. The summed E-state index contributed by atoms with van der Waals surface area (Å²) in [6.07, 6.45) is 2.16. The molecule has 0 bridgehead atoms. The molecule has 1 heterocycles. The Hall–Kier alpha value is -2.42. The first-order valence-corrected chi connectivity index (χ1v) is 6.63. The minimum Gasteiger partial charge on any atom is -0.497 e. The van der Waals surface area contributed by atoms with Crippen LogP contribution >= 0.6 is 0 Å². The Morgan fingerprint density at radius 2 is 1.90 bits per heavy atom. The highest BCUT2D eigenvalue weighted by Crippen LogP contribution is 2.36. The molecule has 1 aliphatic heterocycles. The minimum absolute atomic E-state index is 0.785. The number of methoxy groups -OCH3 is 1. The van der Waals surface area contributed by atoms with Gasteiger partial charge >= 0.3 is 0 Å². The van der Waals surface area contributed by atoms with Gasteiger partial charge in [-0.15, -0.1) is 0 Å². The minimum atomic E-state index is 0.785. The molecule has 0 fully saturated rings. The first kappa shape index (κ1) is 12.6. The Kier molecular flexibility index (Phi) is 3.11. The molecule has 0 saturated heterocycles. The monoisotopic (exact) mass is 266 g/mol. The topological polar surface area (TPSA) is 38.5 Å². The highest BCUT2D eigenvalue weighted by molar-refractivity contribution is 5.85. The molecule has 0 amide bonds. The van der Waals surface area contributed by atoms with Crippen molar-refractivity contribution in [2.24, 2.45) is 0 Å². The third-order valence-electron chi connectivity index (χ3n) is 3.63. The van der Waals surface area contributed by atoms with E-state index in [9.17, 15) is 0 Å². The van der Waals surface area contributed by atoms with Crippen LogP contribution in [0.1, 0.15) is 16.7 Å². The van der Waals surface area contributed by atoms with Crippen molar-refractivity contribution in [3.63, 3.8) is 0 Å². The summed E-state index contributed by atoms with van der Waals surface area (Å²) in [6, 6.07) is 14.3. The summed E-state index contributed by atoms with van der Waals surface area (Å²) in [6.45, 7) is 0.821. The summed E-state index contributed by atoms with van der Waals surface area (Å²) >= 11 is 0. The molecule has 2 N–H and O–H groups in total. The van der Waals surface area contributed by atoms with E-state index in [-0.39, 0.29) is 0 Å². The van der Waals surface area contributed by atoms with Crippen LogP contribution in [0.4, 0.5) is 5.69 Å². The lowest BCUT2D eigenvalue weighted by molar-refractivity contribution is 0.413. The van der Waals surface area contributed by atoms with Crippen LogP contribution in [0.2, 0.25) is 0 Å². The van der Waals surface area contributed by atoms with Crippen LogP contribution in [0.5, 0.6) is 5.75 Å². The number of anilines is 1. The number of nitrogens with two attached hydrogens (primary N) is 1. The maximum atomic E-state index is 6.19. The van der Waals surface area contributed by atoms with E-state index in [1.807, 2.05) is 24.3 Å². The quantitative estimate of drug-likeness (QED) is 0.849. The lowest BCUT2D eigenvalue weighted by Crippen LogP contribution is -2.19. The van der Waals surface area contributed by atoms with Crippen molar-refractivity contribution in [1.82, 2.24) is 4.90 Å². The summed E-state index contributed by atoms with van der Waals surface area (Å²) < 4.78 is 5.35.